The van der Waals surface area contributed by atoms with Crippen LogP contribution in [0.5, 0.6) is 0 Å². The summed E-state index contributed by atoms with van der Waals surface area (Å²) in [4.78, 5) is 18.4. The van der Waals surface area contributed by atoms with Crippen molar-refractivity contribution in [2.45, 2.75) is 12.5 Å². The largest absolute Gasteiger partial charge is 0.337 e. The first-order valence-electron chi connectivity index (χ1n) is 6.14. The zero-order valence-electron chi connectivity index (χ0n) is 10.0. The van der Waals surface area contributed by atoms with E-state index in [9.17, 15) is 4.79 Å². The second-order valence-corrected chi connectivity index (χ2v) is 4.71. The highest BCUT2D eigenvalue weighted by molar-refractivity contribution is 5.98. The van der Waals surface area contributed by atoms with Gasteiger partial charge < -0.3 is 10.6 Å². The van der Waals surface area contributed by atoms with Crippen LogP contribution in [0.1, 0.15) is 16.8 Å². The fraction of sp³-hybridized carbons (Fsp3) is 0.286. The highest BCUT2D eigenvalue weighted by Crippen LogP contribution is 2.17. The second kappa shape index (κ2) is 4.38. The number of aromatic nitrogens is 1. The van der Waals surface area contributed by atoms with Crippen LogP contribution in [0.15, 0.2) is 36.5 Å². The van der Waals surface area contributed by atoms with E-state index in [1.165, 1.54) is 0 Å². The SMILES string of the molecule is N[C@@H]1CCN(C(=O)c2ccc3ncccc3c2)C1. The number of hydrogen-bond donors (Lipinski definition) is 1. The summed E-state index contributed by atoms with van der Waals surface area (Å²) in [5, 5.41) is 0.992. The molecule has 18 heavy (non-hydrogen) atoms. The number of amides is 1. The predicted molar refractivity (Wildman–Crippen MR) is 70.2 cm³/mol. The second-order valence-electron chi connectivity index (χ2n) is 4.71. The molecule has 1 aromatic carbocycles. The Bertz CT molecular complexity index is 596. The number of likely N-dealkylation sites (tertiary alicyclic amines) is 1. The minimum Gasteiger partial charge on any atom is -0.337 e. The van der Waals surface area contributed by atoms with Crippen LogP contribution in [0.25, 0.3) is 10.9 Å². The van der Waals surface area contributed by atoms with E-state index in [0.29, 0.717) is 12.1 Å². The lowest BCUT2D eigenvalue weighted by atomic mass is 10.1. The molecular weight excluding hydrogens is 226 g/mol. The molecule has 0 spiro atoms. The topological polar surface area (TPSA) is 59.2 Å². The van der Waals surface area contributed by atoms with Gasteiger partial charge in [-0.25, -0.2) is 0 Å². The fourth-order valence-electron chi connectivity index (χ4n) is 2.36. The third-order valence-electron chi connectivity index (χ3n) is 3.36. The maximum atomic E-state index is 12.3. The number of hydrogen-bond acceptors (Lipinski definition) is 3. The molecule has 0 saturated carbocycles. The third kappa shape index (κ3) is 1.95. The van der Waals surface area contributed by atoms with Crippen molar-refractivity contribution in [2.75, 3.05) is 13.1 Å². The summed E-state index contributed by atoms with van der Waals surface area (Å²) in [6.45, 7) is 1.41. The van der Waals surface area contributed by atoms with Crippen LogP contribution in [0, 0.1) is 0 Å². The molecule has 4 heteroatoms. The lowest BCUT2D eigenvalue weighted by Gasteiger charge is -2.15. The van der Waals surface area contributed by atoms with Gasteiger partial charge in [-0.05, 0) is 30.7 Å². The maximum Gasteiger partial charge on any atom is 0.253 e. The van der Waals surface area contributed by atoms with Crippen molar-refractivity contribution in [3.63, 3.8) is 0 Å². The Kier molecular flexibility index (Phi) is 2.72. The Morgan fingerprint density at radius 2 is 2.28 bits per heavy atom. The van der Waals surface area contributed by atoms with Gasteiger partial charge >= 0.3 is 0 Å². The molecule has 2 N–H and O–H groups in total. The van der Waals surface area contributed by atoms with E-state index in [0.717, 1.165) is 23.9 Å². The number of carbonyl (C=O) groups is 1. The predicted octanol–water partition coefficient (Wildman–Crippen LogP) is 1.41. The van der Waals surface area contributed by atoms with E-state index in [1.807, 2.05) is 35.2 Å². The smallest absolute Gasteiger partial charge is 0.253 e. The molecule has 92 valence electrons. The molecule has 4 nitrogen and oxygen atoms in total. The van der Waals surface area contributed by atoms with Gasteiger partial charge in [-0.1, -0.05) is 6.07 Å². The van der Waals surface area contributed by atoms with E-state index in [4.69, 9.17) is 5.73 Å². The number of rotatable bonds is 1. The van der Waals surface area contributed by atoms with Crippen molar-refractivity contribution in [3.8, 4) is 0 Å². The molecule has 1 saturated heterocycles. The zero-order chi connectivity index (χ0) is 12.5. The minimum atomic E-state index is 0.0636. The first-order chi connectivity index (χ1) is 8.74. The molecule has 1 atom stereocenters. The average molecular weight is 241 g/mol. The summed E-state index contributed by atoms with van der Waals surface area (Å²) in [7, 11) is 0. The third-order valence-corrected chi connectivity index (χ3v) is 3.36. The zero-order valence-corrected chi connectivity index (χ0v) is 10.0. The van der Waals surface area contributed by atoms with Gasteiger partial charge in [-0.2, -0.15) is 0 Å². The van der Waals surface area contributed by atoms with Crippen LogP contribution in [0.4, 0.5) is 0 Å². The maximum absolute atomic E-state index is 12.3. The Hall–Kier alpha value is -1.94. The van der Waals surface area contributed by atoms with Gasteiger partial charge in [-0.3, -0.25) is 9.78 Å². The molecule has 1 aliphatic heterocycles. The van der Waals surface area contributed by atoms with Crippen molar-refractivity contribution in [1.29, 1.82) is 0 Å². The number of benzene rings is 1. The minimum absolute atomic E-state index is 0.0636. The Labute approximate surface area is 105 Å². The van der Waals surface area contributed by atoms with Gasteiger partial charge in [0.25, 0.3) is 5.91 Å². The summed E-state index contributed by atoms with van der Waals surface area (Å²) in [5.74, 6) is 0.0636. The van der Waals surface area contributed by atoms with E-state index < -0.39 is 0 Å². The lowest BCUT2D eigenvalue weighted by molar-refractivity contribution is 0.0791. The molecule has 1 amide bonds. The fourth-order valence-corrected chi connectivity index (χ4v) is 2.36. The van der Waals surface area contributed by atoms with Crippen LogP contribution < -0.4 is 5.73 Å². The summed E-state index contributed by atoms with van der Waals surface area (Å²) in [6, 6.07) is 9.59. The number of nitrogens with zero attached hydrogens (tertiary/aromatic N) is 2. The molecular formula is C14H15N3O. The standard InChI is InChI=1S/C14H15N3O/c15-12-5-7-17(9-12)14(18)11-3-4-13-10(8-11)2-1-6-16-13/h1-4,6,8,12H,5,7,9,15H2/t12-/m1/s1. The molecule has 0 aliphatic carbocycles. The van der Waals surface area contributed by atoms with Crippen molar-refractivity contribution < 1.29 is 4.79 Å². The van der Waals surface area contributed by atoms with Crippen molar-refractivity contribution in [3.05, 3.63) is 42.1 Å². The normalized spacial score (nSPS) is 19.4. The molecule has 1 fully saturated rings. The van der Waals surface area contributed by atoms with Crippen LogP contribution in [0.2, 0.25) is 0 Å². The molecule has 1 aromatic heterocycles. The quantitative estimate of drug-likeness (QED) is 0.821. The summed E-state index contributed by atoms with van der Waals surface area (Å²) < 4.78 is 0. The molecule has 1 aliphatic rings. The summed E-state index contributed by atoms with van der Waals surface area (Å²) in [6.07, 6.45) is 2.64. The molecule has 0 unspecified atom stereocenters. The molecule has 2 heterocycles. The number of pyridine rings is 1. The van der Waals surface area contributed by atoms with Crippen LogP contribution in [-0.2, 0) is 0 Å². The van der Waals surface area contributed by atoms with Crippen LogP contribution in [-0.4, -0.2) is 34.9 Å². The average Bonchev–Trinajstić information content (AvgIpc) is 2.84. The molecule has 3 rings (SSSR count). The van der Waals surface area contributed by atoms with E-state index in [1.54, 1.807) is 6.20 Å². The number of nitrogens with two attached hydrogens (primary N) is 1. The Balaban J connectivity index is 1.92. The van der Waals surface area contributed by atoms with Crippen LogP contribution >= 0.6 is 0 Å². The first kappa shape index (κ1) is 11.2. The summed E-state index contributed by atoms with van der Waals surface area (Å²) in [5.41, 5.74) is 7.45. The van der Waals surface area contributed by atoms with Crippen LogP contribution in [0.3, 0.4) is 0 Å². The van der Waals surface area contributed by atoms with Crippen molar-refractivity contribution in [1.82, 2.24) is 9.88 Å². The van der Waals surface area contributed by atoms with Crippen molar-refractivity contribution >= 4 is 16.8 Å². The van der Waals surface area contributed by atoms with Gasteiger partial charge in [0.15, 0.2) is 0 Å². The van der Waals surface area contributed by atoms with Gasteiger partial charge in [0, 0.05) is 36.3 Å². The van der Waals surface area contributed by atoms with Gasteiger partial charge in [0.05, 0.1) is 5.52 Å². The van der Waals surface area contributed by atoms with Gasteiger partial charge in [0.1, 0.15) is 0 Å². The lowest BCUT2D eigenvalue weighted by Crippen LogP contribution is -2.31. The number of carbonyl (C=O) groups excluding carboxylic acids is 1. The van der Waals surface area contributed by atoms with Crippen molar-refractivity contribution in [2.24, 2.45) is 5.73 Å². The van der Waals surface area contributed by atoms with E-state index in [-0.39, 0.29) is 11.9 Å². The van der Waals surface area contributed by atoms with E-state index >= 15 is 0 Å². The Morgan fingerprint density at radius 3 is 3.06 bits per heavy atom. The van der Waals surface area contributed by atoms with Gasteiger partial charge in [0.2, 0.25) is 0 Å². The number of fused-ring (bicyclic) bond motifs is 1. The monoisotopic (exact) mass is 241 g/mol. The van der Waals surface area contributed by atoms with E-state index in [2.05, 4.69) is 4.98 Å². The highest BCUT2D eigenvalue weighted by atomic mass is 16.2. The molecule has 2 aromatic rings. The molecule has 0 radical (unpaired) electrons. The summed E-state index contributed by atoms with van der Waals surface area (Å²) >= 11 is 0. The first-order valence-corrected chi connectivity index (χ1v) is 6.14. The molecule has 0 bridgehead atoms. The highest BCUT2D eigenvalue weighted by Gasteiger charge is 2.24. The van der Waals surface area contributed by atoms with Gasteiger partial charge in [-0.15, -0.1) is 0 Å². The Morgan fingerprint density at radius 1 is 1.39 bits per heavy atom.